The first-order valence-electron chi connectivity index (χ1n) is 9.01. The topological polar surface area (TPSA) is 22.1 Å². The highest BCUT2D eigenvalue weighted by Gasteiger charge is 2.22. The van der Waals surface area contributed by atoms with Gasteiger partial charge in [0.1, 0.15) is 0 Å². The Hall–Kier alpha value is -1.90. The first-order valence-corrected chi connectivity index (χ1v) is 9.01. The molecule has 1 heterocycles. The second-order valence-corrected chi connectivity index (χ2v) is 6.83. The summed E-state index contributed by atoms with van der Waals surface area (Å²) in [7, 11) is 1.48. The van der Waals surface area contributed by atoms with Crippen molar-refractivity contribution in [3.05, 3.63) is 48.0 Å². The van der Waals surface area contributed by atoms with E-state index >= 15 is 0 Å². The Bertz CT molecular complexity index is 660. The van der Waals surface area contributed by atoms with Gasteiger partial charge in [0, 0.05) is 23.4 Å². The number of pyridine rings is 1. The minimum Gasteiger partial charge on any atom is -0.494 e. The molecule has 0 bridgehead atoms. The third-order valence-corrected chi connectivity index (χ3v) is 5.23. The van der Waals surface area contributed by atoms with Gasteiger partial charge in [-0.3, -0.25) is 4.98 Å². The smallest absolute Gasteiger partial charge is 0.165 e. The van der Waals surface area contributed by atoms with Crippen LogP contribution < -0.4 is 4.74 Å². The van der Waals surface area contributed by atoms with Crippen LogP contribution in [0.2, 0.25) is 0 Å². The third kappa shape index (κ3) is 3.77. The summed E-state index contributed by atoms with van der Waals surface area (Å²) in [5, 5.41) is 0. The van der Waals surface area contributed by atoms with Gasteiger partial charge in [-0.25, -0.2) is 4.39 Å². The van der Waals surface area contributed by atoms with Crippen LogP contribution >= 0.6 is 0 Å². The summed E-state index contributed by atoms with van der Waals surface area (Å²) in [5.41, 5.74) is 2.96. The van der Waals surface area contributed by atoms with Gasteiger partial charge in [-0.15, -0.1) is 0 Å². The Morgan fingerprint density at radius 3 is 2.42 bits per heavy atom. The molecule has 0 aliphatic heterocycles. The molecule has 1 aromatic heterocycles. The van der Waals surface area contributed by atoms with Crippen molar-refractivity contribution in [2.75, 3.05) is 7.11 Å². The molecular weight excluding hydrogens is 301 g/mol. The van der Waals surface area contributed by atoms with Crippen LogP contribution in [0.5, 0.6) is 5.75 Å². The molecule has 0 spiro atoms. The molecule has 0 N–H and O–H groups in total. The molecular formula is C21H26FNO. The number of benzene rings is 1. The van der Waals surface area contributed by atoms with E-state index in [1.54, 1.807) is 6.07 Å². The van der Waals surface area contributed by atoms with Gasteiger partial charge in [0.25, 0.3) is 0 Å². The Labute approximate surface area is 144 Å². The molecule has 1 aromatic carbocycles. The van der Waals surface area contributed by atoms with Gasteiger partial charge < -0.3 is 4.74 Å². The van der Waals surface area contributed by atoms with Crippen molar-refractivity contribution in [1.82, 2.24) is 4.98 Å². The maximum absolute atomic E-state index is 13.9. The quantitative estimate of drug-likeness (QED) is 0.675. The molecule has 1 aliphatic rings. The third-order valence-electron chi connectivity index (χ3n) is 5.23. The molecule has 3 heteroatoms. The summed E-state index contributed by atoms with van der Waals surface area (Å²) in [6.45, 7) is 2.27. The minimum atomic E-state index is -0.340. The summed E-state index contributed by atoms with van der Waals surface area (Å²) in [6, 6.07) is 9.21. The van der Waals surface area contributed by atoms with E-state index in [2.05, 4.69) is 24.0 Å². The number of hydrogen-bond donors (Lipinski definition) is 0. The molecule has 128 valence electrons. The molecule has 2 nitrogen and oxygen atoms in total. The fraction of sp³-hybridized carbons (Fsp3) is 0.476. The number of nitrogens with zero attached hydrogens (tertiary/aromatic N) is 1. The summed E-state index contributed by atoms with van der Waals surface area (Å²) < 4.78 is 18.8. The summed E-state index contributed by atoms with van der Waals surface area (Å²) in [5.74, 6) is 1.42. The summed E-state index contributed by atoms with van der Waals surface area (Å²) in [4.78, 5) is 4.67. The number of halogens is 1. The highest BCUT2D eigenvalue weighted by molar-refractivity contribution is 5.63. The number of aromatic nitrogens is 1. The van der Waals surface area contributed by atoms with E-state index in [9.17, 15) is 4.39 Å². The second-order valence-electron chi connectivity index (χ2n) is 6.83. The lowest BCUT2D eigenvalue weighted by atomic mass is 9.78. The molecule has 1 saturated carbocycles. The lowest BCUT2D eigenvalue weighted by Gasteiger charge is -2.28. The van der Waals surface area contributed by atoms with Gasteiger partial charge in [-0.1, -0.05) is 31.9 Å². The van der Waals surface area contributed by atoms with Crippen molar-refractivity contribution in [2.24, 2.45) is 5.92 Å². The standard InChI is InChI=1S/C21H26FNO/c1-3-4-15-5-7-16(8-6-15)20-11-9-18(14-23-20)17-10-12-21(24-2)19(22)13-17/h9-16H,3-8H2,1-2H3. The molecule has 0 atom stereocenters. The van der Waals surface area contributed by atoms with Gasteiger partial charge in [-0.2, -0.15) is 0 Å². The van der Waals surface area contributed by atoms with E-state index in [-0.39, 0.29) is 11.6 Å². The van der Waals surface area contributed by atoms with E-state index in [1.807, 2.05) is 12.3 Å². The van der Waals surface area contributed by atoms with Crippen LogP contribution in [0.3, 0.4) is 0 Å². The van der Waals surface area contributed by atoms with Crippen LogP contribution in [0.1, 0.15) is 57.1 Å². The lowest BCUT2D eigenvalue weighted by molar-refractivity contribution is 0.305. The van der Waals surface area contributed by atoms with Gasteiger partial charge in [-0.05, 0) is 55.4 Å². The van der Waals surface area contributed by atoms with Crippen LogP contribution in [0, 0.1) is 11.7 Å². The van der Waals surface area contributed by atoms with Gasteiger partial charge >= 0.3 is 0 Å². The van der Waals surface area contributed by atoms with Crippen LogP contribution in [-0.4, -0.2) is 12.1 Å². The highest BCUT2D eigenvalue weighted by atomic mass is 19.1. The molecule has 1 fully saturated rings. The Morgan fingerprint density at radius 1 is 1.08 bits per heavy atom. The predicted octanol–water partition coefficient (Wildman–Crippen LogP) is 5.97. The fourth-order valence-corrected chi connectivity index (χ4v) is 3.82. The highest BCUT2D eigenvalue weighted by Crippen LogP contribution is 2.37. The monoisotopic (exact) mass is 327 g/mol. The maximum atomic E-state index is 13.9. The summed E-state index contributed by atoms with van der Waals surface area (Å²) >= 11 is 0. The normalized spacial score (nSPS) is 20.8. The molecule has 1 aliphatic carbocycles. The average molecular weight is 327 g/mol. The van der Waals surface area contributed by atoms with Crippen molar-refractivity contribution in [3.8, 4) is 16.9 Å². The molecule has 24 heavy (non-hydrogen) atoms. The van der Waals surface area contributed by atoms with Crippen molar-refractivity contribution >= 4 is 0 Å². The van der Waals surface area contributed by atoms with Gasteiger partial charge in [0.05, 0.1) is 7.11 Å². The zero-order chi connectivity index (χ0) is 16.9. The van der Waals surface area contributed by atoms with Crippen molar-refractivity contribution < 1.29 is 9.13 Å². The predicted molar refractivity (Wildman–Crippen MR) is 95.8 cm³/mol. The summed E-state index contributed by atoms with van der Waals surface area (Å²) in [6.07, 6.45) is 9.66. The number of ether oxygens (including phenoxy) is 1. The molecule has 0 amide bonds. The molecule has 0 saturated heterocycles. The van der Waals surface area contributed by atoms with Crippen LogP contribution in [-0.2, 0) is 0 Å². The average Bonchev–Trinajstić information content (AvgIpc) is 2.63. The first-order chi connectivity index (χ1) is 11.7. The lowest BCUT2D eigenvalue weighted by Crippen LogP contribution is -2.14. The van der Waals surface area contributed by atoms with Crippen LogP contribution in [0.4, 0.5) is 4.39 Å². The van der Waals surface area contributed by atoms with Crippen molar-refractivity contribution in [3.63, 3.8) is 0 Å². The fourth-order valence-electron chi connectivity index (χ4n) is 3.82. The largest absolute Gasteiger partial charge is 0.494 e. The minimum absolute atomic E-state index is 0.271. The maximum Gasteiger partial charge on any atom is 0.165 e. The van der Waals surface area contributed by atoms with Gasteiger partial charge in [0.2, 0.25) is 0 Å². The van der Waals surface area contributed by atoms with Crippen LogP contribution in [0.25, 0.3) is 11.1 Å². The van der Waals surface area contributed by atoms with Crippen molar-refractivity contribution in [1.29, 1.82) is 0 Å². The Kier molecular flexibility index (Phi) is 5.49. The van der Waals surface area contributed by atoms with E-state index < -0.39 is 0 Å². The van der Waals surface area contributed by atoms with E-state index in [4.69, 9.17) is 4.74 Å². The van der Waals surface area contributed by atoms with E-state index in [1.165, 1.54) is 57.4 Å². The molecule has 3 rings (SSSR count). The second kappa shape index (κ2) is 7.78. The number of rotatable bonds is 5. The number of hydrogen-bond acceptors (Lipinski definition) is 2. The van der Waals surface area contributed by atoms with E-state index in [0.717, 1.165) is 17.0 Å². The van der Waals surface area contributed by atoms with Crippen molar-refractivity contribution in [2.45, 2.75) is 51.4 Å². The Morgan fingerprint density at radius 2 is 1.83 bits per heavy atom. The molecule has 0 radical (unpaired) electrons. The number of methoxy groups -OCH3 is 1. The zero-order valence-electron chi connectivity index (χ0n) is 14.6. The van der Waals surface area contributed by atoms with Crippen LogP contribution in [0.15, 0.2) is 36.5 Å². The first kappa shape index (κ1) is 16.9. The Balaban J connectivity index is 1.69. The van der Waals surface area contributed by atoms with E-state index in [0.29, 0.717) is 5.92 Å². The SMILES string of the molecule is CCCC1CCC(c2ccc(-c3ccc(OC)c(F)c3)cn2)CC1. The van der Waals surface area contributed by atoms with Gasteiger partial charge in [0.15, 0.2) is 11.6 Å². The zero-order valence-corrected chi connectivity index (χ0v) is 14.6. The molecule has 0 unspecified atom stereocenters. The molecule has 2 aromatic rings.